The molecule has 0 atom stereocenters. The van der Waals surface area contributed by atoms with Gasteiger partial charge in [0.25, 0.3) is 0 Å². The van der Waals surface area contributed by atoms with E-state index < -0.39 is 0 Å². The number of benzene rings is 1. The van der Waals surface area contributed by atoms with Crippen LogP contribution in [0.1, 0.15) is 39.0 Å². The molecule has 146 valence electrons. The van der Waals surface area contributed by atoms with Gasteiger partial charge >= 0.3 is 0 Å². The van der Waals surface area contributed by atoms with E-state index in [2.05, 4.69) is 28.9 Å². The molecule has 26 heavy (non-hydrogen) atoms. The molecule has 5 heteroatoms. The molecule has 5 nitrogen and oxygen atoms in total. The first-order valence-corrected chi connectivity index (χ1v) is 9.99. The molecule has 0 N–H and O–H groups in total. The van der Waals surface area contributed by atoms with Crippen LogP contribution in [0.15, 0.2) is 24.3 Å². The fourth-order valence-electron chi connectivity index (χ4n) is 3.37. The van der Waals surface area contributed by atoms with E-state index in [1.165, 1.54) is 24.9 Å². The lowest BCUT2D eigenvalue weighted by Gasteiger charge is -2.36. The summed E-state index contributed by atoms with van der Waals surface area (Å²) in [4.78, 5) is 19.0. The Kier molecular flexibility index (Phi) is 8.75. The molecule has 0 unspecified atom stereocenters. The number of ether oxygens (including phenoxy) is 1. The maximum absolute atomic E-state index is 12.3. The molecule has 1 aromatic carbocycles. The third kappa shape index (κ3) is 6.52. The smallest absolute Gasteiger partial charge is 0.223 e. The normalized spacial score (nSPS) is 15.1. The van der Waals surface area contributed by atoms with Crippen LogP contribution in [-0.2, 0) is 4.79 Å². The number of carbonyl (C=O) groups excluding carboxylic acids is 1. The van der Waals surface area contributed by atoms with Crippen molar-refractivity contribution in [3.05, 3.63) is 24.3 Å². The Morgan fingerprint density at radius 2 is 1.77 bits per heavy atom. The van der Waals surface area contributed by atoms with Crippen LogP contribution in [0.25, 0.3) is 0 Å². The van der Waals surface area contributed by atoms with Crippen molar-refractivity contribution in [2.45, 2.75) is 39.0 Å². The number of unbranched alkanes of at least 4 members (excludes halogenated alkanes) is 3. The van der Waals surface area contributed by atoms with Crippen LogP contribution in [0.2, 0.25) is 0 Å². The summed E-state index contributed by atoms with van der Waals surface area (Å²) in [6, 6.07) is 8.25. The molecule has 0 spiro atoms. The average Bonchev–Trinajstić information content (AvgIpc) is 2.69. The Morgan fingerprint density at radius 3 is 2.38 bits per heavy atom. The fraction of sp³-hybridized carbons (Fsp3) is 0.667. The van der Waals surface area contributed by atoms with Crippen LogP contribution in [-0.4, -0.2) is 69.1 Å². The first-order chi connectivity index (χ1) is 12.6. The number of hydrogen-bond donors (Lipinski definition) is 0. The molecule has 0 aromatic heterocycles. The van der Waals surface area contributed by atoms with Crippen LogP contribution in [0, 0.1) is 0 Å². The van der Waals surface area contributed by atoms with E-state index in [1.54, 1.807) is 7.11 Å². The summed E-state index contributed by atoms with van der Waals surface area (Å²) >= 11 is 0. The van der Waals surface area contributed by atoms with Gasteiger partial charge in [-0.15, -0.1) is 0 Å². The first-order valence-electron chi connectivity index (χ1n) is 9.99. The van der Waals surface area contributed by atoms with Gasteiger partial charge in [-0.05, 0) is 30.7 Å². The summed E-state index contributed by atoms with van der Waals surface area (Å²) in [7, 11) is 3.63. The summed E-state index contributed by atoms with van der Waals surface area (Å²) in [6.07, 6.45) is 5.48. The Labute approximate surface area is 158 Å². The van der Waals surface area contributed by atoms with Crippen molar-refractivity contribution in [3.8, 4) is 5.75 Å². The molecule has 1 amide bonds. The first kappa shape index (κ1) is 20.6. The largest absolute Gasteiger partial charge is 0.497 e. The van der Waals surface area contributed by atoms with E-state index in [-0.39, 0.29) is 5.91 Å². The van der Waals surface area contributed by atoms with Crippen molar-refractivity contribution < 1.29 is 9.53 Å². The molecule has 0 bridgehead atoms. The predicted octanol–water partition coefficient (Wildman–Crippen LogP) is 3.25. The van der Waals surface area contributed by atoms with Crippen LogP contribution in [0.5, 0.6) is 5.75 Å². The Bertz CT molecular complexity index is 525. The predicted molar refractivity (Wildman–Crippen MR) is 108 cm³/mol. The van der Waals surface area contributed by atoms with E-state index in [4.69, 9.17) is 4.74 Å². The average molecular weight is 362 g/mol. The van der Waals surface area contributed by atoms with Crippen LogP contribution in [0.4, 0.5) is 5.69 Å². The minimum absolute atomic E-state index is 0.277. The quantitative estimate of drug-likeness (QED) is 0.600. The van der Waals surface area contributed by atoms with Gasteiger partial charge in [0.05, 0.1) is 7.11 Å². The van der Waals surface area contributed by atoms with Gasteiger partial charge in [-0.1, -0.05) is 26.2 Å². The molecule has 1 aliphatic rings. The maximum atomic E-state index is 12.3. The molecule has 0 saturated carbocycles. The highest BCUT2D eigenvalue weighted by molar-refractivity contribution is 5.76. The topological polar surface area (TPSA) is 36.0 Å². The van der Waals surface area contributed by atoms with Crippen molar-refractivity contribution >= 4 is 11.6 Å². The monoisotopic (exact) mass is 361 g/mol. The summed E-state index contributed by atoms with van der Waals surface area (Å²) in [6.45, 7) is 8.02. The SMILES string of the molecule is CCCCCCN(C)C(=O)CCN1CCN(c2ccc(OC)cc2)CC1. The van der Waals surface area contributed by atoms with Gasteiger partial charge in [0, 0.05) is 58.4 Å². The highest BCUT2D eigenvalue weighted by Gasteiger charge is 2.18. The van der Waals surface area contributed by atoms with E-state index in [1.807, 2.05) is 24.1 Å². The number of piperazine rings is 1. The number of rotatable bonds is 10. The summed E-state index contributed by atoms with van der Waals surface area (Å²) < 4.78 is 5.22. The van der Waals surface area contributed by atoms with Crippen molar-refractivity contribution in [2.24, 2.45) is 0 Å². The van der Waals surface area contributed by atoms with Crippen molar-refractivity contribution in [2.75, 3.05) is 58.3 Å². The van der Waals surface area contributed by atoms with E-state index in [0.717, 1.165) is 51.4 Å². The lowest BCUT2D eigenvalue weighted by molar-refractivity contribution is -0.130. The van der Waals surface area contributed by atoms with Gasteiger partial charge in [-0.2, -0.15) is 0 Å². The van der Waals surface area contributed by atoms with Crippen LogP contribution >= 0.6 is 0 Å². The Balaban J connectivity index is 1.65. The summed E-state index contributed by atoms with van der Waals surface area (Å²) in [5.41, 5.74) is 1.24. The van der Waals surface area contributed by atoms with Gasteiger partial charge in [-0.25, -0.2) is 0 Å². The second-order valence-electron chi connectivity index (χ2n) is 7.15. The minimum Gasteiger partial charge on any atom is -0.497 e. The molecule has 1 aromatic rings. The molecule has 1 saturated heterocycles. The number of amides is 1. The number of hydrogen-bond acceptors (Lipinski definition) is 4. The highest BCUT2D eigenvalue weighted by Crippen LogP contribution is 2.20. The van der Waals surface area contributed by atoms with Gasteiger partial charge < -0.3 is 14.5 Å². The summed E-state index contributed by atoms with van der Waals surface area (Å²) in [5, 5.41) is 0. The second kappa shape index (κ2) is 11.1. The Morgan fingerprint density at radius 1 is 1.08 bits per heavy atom. The number of carbonyl (C=O) groups is 1. The molecule has 2 rings (SSSR count). The van der Waals surface area contributed by atoms with Gasteiger partial charge in [-0.3, -0.25) is 9.69 Å². The maximum Gasteiger partial charge on any atom is 0.223 e. The van der Waals surface area contributed by atoms with Crippen LogP contribution in [0.3, 0.4) is 0 Å². The number of anilines is 1. The third-order valence-electron chi connectivity index (χ3n) is 5.22. The Hall–Kier alpha value is -1.75. The number of methoxy groups -OCH3 is 1. The van der Waals surface area contributed by atoms with E-state index in [0.29, 0.717) is 6.42 Å². The third-order valence-corrected chi connectivity index (χ3v) is 5.22. The second-order valence-corrected chi connectivity index (χ2v) is 7.15. The van der Waals surface area contributed by atoms with Gasteiger partial charge in [0.1, 0.15) is 5.75 Å². The zero-order valence-corrected chi connectivity index (χ0v) is 16.7. The zero-order valence-electron chi connectivity index (χ0n) is 16.7. The lowest BCUT2D eigenvalue weighted by Crippen LogP contribution is -2.47. The molecule has 0 radical (unpaired) electrons. The van der Waals surface area contributed by atoms with Gasteiger partial charge in [0.15, 0.2) is 0 Å². The van der Waals surface area contributed by atoms with Crippen LogP contribution < -0.4 is 9.64 Å². The standard InChI is InChI=1S/C21H35N3O2/c1-4-5-6-7-13-22(2)21(25)12-14-23-15-17-24(18-16-23)19-8-10-20(26-3)11-9-19/h8-11H,4-7,12-18H2,1-3H3. The molecule has 1 aliphatic heterocycles. The lowest BCUT2D eigenvalue weighted by atomic mass is 10.2. The zero-order chi connectivity index (χ0) is 18.8. The fourth-order valence-corrected chi connectivity index (χ4v) is 3.37. The minimum atomic E-state index is 0.277. The molecule has 1 fully saturated rings. The highest BCUT2D eigenvalue weighted by atomic mass is 16.5. The molecule has 0 aliphatic carbocycles. The molecular weight excluding hydrogens is 326 g/mol. The molecular formula is C21H35N3O2. The van der Waals surface area contributed by atoms with Crippen molar-refractivity contribution in [1.29, 1.82) is 0 Å². The van der Waals surface area contributed by atoms with E-state index in [9.17, 15) is 4.79 Å². The van der Waals surface area contributed by atoms with Gasteiger partial charge in [0.2, 0.25) is 5.91 Å². The molecule has 1 heterocycles. The van der Waals surface area contributed by atoms with E-state index >= 15 is 0 Å². The van der Waals surface area contributed by atoms with Crippen molar-refractivity contribution in [3.63, 3.8) is 0 Å². The number of nitrogens with zero attached hydrogens (tertiary/aromatic N) is 3. The van der Waals surface area contributed by atoms with Crippen molar-refractivity contribution in [1.82, 2.24) is 9.80 Å². The summed E-state index contributed by atoms with van der Waals surface area (Å²) in [5.74, 6) is 1.17.